The molecule has 0 bridgehead atoms. The van der Waals surface area contributed by atoms with E-state index in [1.54, 1.807) is 7.28 Å². The van der Waals surface area contributed by atoms with Crippen LogP contribution >= 0.6 is 0 Å². The number of hydrogen-bond donors (Lipinski definition) is 0. The summed E-state index contributed by atoms with van der Waals surface area (Å²) in [5, 5.41) is 0. The summed E-state index contributed by atoms with van der Waals surface area (Å²) in [6.07, 6.45) is 22.5. The van der Waals surface area contributed by atoms with E-state index in [9.17, 15) is 0 Å². The van der Waals surface area contributed by atoms with Gasteiger partial charge in [-0.25, -0.2) is 0 Å². The van der Waals surface area contributed by atoms with Crippen LogP contribution in [-0.2, 0) is 0 Å². The normalized spacial score (nSPS) is 30.7. The molecule has 0 aromatic rings. The molecule has 0 aromatic heterocycles. The van der Waals surface area contributed by atoms with Crippen molar-refractivity contribution in [3.63, 3.8) is 0 Å². The lowest BCUT2D eigenvalue weighted by molar-refractivity contribution is 0.495. The summed E-state index contributed by atoms with van der Waals surface area (Å²) in [7, 11) is 1.55. The summed E-state index contributed by atoms with van der Waals surface area (Å²) in [4.78, 5) is 0. The van der Waals surface area contributed by atoms with E-state index in [4.69, 9.17) is 0 Å². The fourth-order valence-corrected chi connectivity index (χ4v) is 3.72. The van der Waals surface area contributed by atoms with Crippen molar-refractivity contribution in [1.29, 1.82) is 0 Å². The topological polar surface area (TPSA) is 0 Å². The van der Waals surface area contributed by atoms with Crippen molar-refractivity contribution >= 4 is 7.28 Å². The molecule has 1 atom stereocenters. The first-order chi connectivity index (χ1) is 8.45. The average molecular weight is 232 g/mol. The van der Waals surface area contributed by atoms with E-state index in [-0.39, 0.29) is 0 Å². The molecular weight excluding hydrogens is 203 g/mol. The van der Waals surface area contributed by atoms with Crippen LogP contribution in [0.15, 0.2) is 12.2 Å². The molecule has 17 heavy (non-hydrogen) atoms. The lowest BCUT2D eigenvalue weighted by Crippen LogP contribution is -2.13. The predicted octanol–water partition coefficient (Wildman–Crippen LogP) is 5.26. The second-order valence-corrected chi connectivity index (χ2v) is 6.29. The van der Waals surface area contributed by atoms with E-state index in [0.717, 1.165) is 11.6 Å². The molecule has 2 rings (SSSR count). The van der Waals surface area contributed by atoms with Crippen LogP contribution < -0.4 is 0 Å². The fraction of sp³-hybridized carbons (Fsp3) is 0.875. The van der Waals surface area contributed by atoms with Crippen LogP contribution in [0.4, 0.5) is 0 Å². The van der Waals surface area contributed by atoms with E-state index >= 15 is 0 Å². The molecule has 0 nitrogen and oxygen atoms in total. The van der Waals surface area contributed by atoms with Gasteiger partial charge in [0.05, 0.1) is 0 Å². The van der Waals surface area contributed by atoms with Gasteiger partial charge in [-0.3, -0.25) is 0 Å². The molecule has 1 unspecified atom stereocenters. The van der Waals surface area contributed by atoms with Gasteiger partial charge in [0.25, 0.3) is 0 Å². The van der Waals surface area contributed by atoms with Gasteiger partial charge < -0.3 is 0 Å². The first-order valence-electron chi connectivity index (χ1n) is 8.10. The number of hydrogen-bond acceptors (Lipinski definition) is 0. The van der Waals surface area contributed by atoms with Gasteiger partial charge in [-0.05, 0) is 12.8 Å². The zero-order valence-corrected chi connectivity index (χ0v) is 11.5. The smallest absolute Gasteiger partial charge is 0.0886 e. The maximum absolute atomic E-state index is 2.42. The van der Waals surface area contributed by atoms with E-state index in [1.807, 2.05) is 0 Å². The third-order valence-electron chi connectivity index (χ3n) is 4.78. The van der Waals surface area contributed by atoms with Gasteiger partial charge in [0.15, 0.2) is 0 Å². The SMILES string of the molecule is B(C1CC/C=C\CCC1)C1CCCCCCC1. The van der Waals surface area contributed by atoms with Crippen molar-refractivity contribution in [2.75, 3.05) is 0 Å². The van der Waals surface area contributed by atoms with Crippen molar-refractivity contribution in [3.05, 3.63) is 12.2 Å². The Morgan fingerprint density at radius 3 is 2.00 bits per heavy atom. The Hall–Kier alpha value is -0.195. The standard InChI is InChI=1S/C16H29B/c1-3-7-11-15(12-8-4-1)17-16-13-9-5-2-6-10-14-16/h1,3,15-17H,2,4-14H2/b3-1-. The highest BCUT2D eigenvalue weighted by Crippen LogP contribution is 2.33. The minimum atomic E-state index is 1.05. The molecule has 0 spiro atoms. The molecule has 1 heteroatoms. The van der Waals surface area contributed by atoms with Crippen LogP contribution in [0.2, 0.25) is 11.6 Å². The quantitative estimate of drug-likeness (QED) is 0.449. The lowest BCUT2D eigenvalue weighted by Gasteiger charge is -2.24. The van der Waals surface area contributed by atoms with Crippen molar-refractivity contribution in [2.45, 2.75) is 88.7 Å². The highest BCUT2D eigenvalue weighted by molar-refractivity contribution is 6.39. The van der Waals surface area contributed by atoms with Crippen molar-refractivity contribution in [3.8, 4) is 0 Å². The molecule has 96 valence electrons. The Labute approximate surface area is 108 Å². The van der Waals surface area contributed by atoms with Crippen LogP contribution in [0.5, 0.6) is 0 Å². The monoisotopic (exact) mass is 232 g/mol. The van der Waals surface area contributed by atoms with Gasteiger partial charge in [0.1, 0.15) is 7.28 Å². The summed E-state index contributed by atoms with van der Waals surface area (Å²) < 4.78 is 0. The Kier molecular flexibility index (Phi) is 6.23. The fourth-order valence-electron chi connectivity index (χ4n) is 3.72. The molecule has 2 aliphatic carbocycles. The van der Waals surface area contributed by atoms with Crippen molar-refractivity contribution in [2.24, 2.45) is 0 Å². The third-order valence-corrected chi connectivity index (χ3v) is 4.78. The highest BCUT2D eigenvalue weighted by Gasteiger charge is 2.19. The molecule has 0 heterocycles. The minimum Gasteiger partial charge on any atom is -0.0886 e. The van der Waals surface area contributed by atoms with Crippen LogP contribution in [0.1, 0.15) is 77.0 Å². The van der Waals surface area contributed by atoms with Crippen LogP contribution in [0.25, 0.3) is 0 Å². The van der Waals surface area contributed by atoms with E-state index in [1.165, 1.54) is 77.0 Å². The maximum atomic E-state index is 2.42. The minimum absolute atomic E-state index is 1.05. The Morgan fingerprint density at radius 2 is 1.18 bits per heavy atom. The average Bonchev–Trinajstić information content (AvgIpc) is 2.24. The molecule has 1 fully saturated rings. The largest absolute Gasteiger partial charge is 0.127 e. The summed E-state index contributed by atoms with van der Waals surface area (Å²) in [6.45, 7) is 0. The molecule has 0 aromatic carbocycles. The number of allylic oxidation sites excluding steroid dienone is 2. The molecule has 0 amide bonds. The first kappa shape index (κ1) is 13.2. The number of rotatable bonds is 2. The lowest BCUT2D eigenvalue weighted by atomic mass is 9.50. The molecule has 0 N–H and O–H groups in total. The second-order valence-electron chi connectivity index (χ2n) is 6.29. The van der Waals surface area contributed by atoms with Gasteiger partial charge in [0.2, 0.25) is 0 Å². The molecule has 0 radical (unpaired) electrons. The molecule has 0 saturated heterocycles. The van der Waals surface area contributed by atoms with E-state index in [0.29, 0.717) is 0 Å². The van der Waals surface area contributed by atoms with Crippen molar-refractivity contribution < 1.29 is 0 Å². The zero-order valence-electron chi connectivity index (χ0n) is 11.5. The predicted molar refractivity (Wildman–Crippen MR) is 79.2 cm³/mol. The van der Waals surface area contributed by atoms with Gasteiger partial charge in [-0.15, -0.1) is 0 Å². The Balaban J connectivity index is 1.74. The molecule has 0 aliphatic heterocycles. The Bertz CT molecular complexity index is 214. The van der Waals surface area contributed by atoms with Crippen molar-refractivity contribution in [1.82, 2.24) is 0 Å². The summed E-state index contributed by atoms with van der Waals surface area (Å²) >= 11 is 0. The second kappa shape index (κ2) is 8.00. The summed E-state index contributed by atoms with van der Waals surface area (Å²) in [6, 6.07) is 0. The third kappa shape index (κ3) is 5.32. The van der Waals surface area contributed by atoms with Crippen LogP contribution in [0.3, 0.4) is 0 Å². The molecular formula is C16H29B. The summed E-state index contributed by atoms with van der Waals surface area (Å²) in [5.74, 6) is 2.12. The van der Waals surface area contributed by atoms with E-state index < -0.39 is 0 Å². The van der Waals surface area contributed by atoms with Gasteiger partial charge in [-0.2, -0.15) is 0 Å². The van der Waals surface area contributed by atoms with Crippen LogP contribution in [-0.4, -0.2) is 7.28 Å². The summed E-state index contributed by atoms with van der Waals surface area (Å²) in [5.41, 5.74) is 0. The van der Waals surface area contributed by atoms with E-state index in [2.05, 4.69) is 12.2 Å². The van der Waals surface area contributed by atoms with Gasteiger partial charge in [0, 0.05) is 0 Å². The molecule has 1 saturated carbocycles. The molecule has 2 aliphatic rings. The maximum Gasteiger partial charge on any atom is 0.127 e. The zero-order chi connectivity index (χ0) is 11.8. The Morgan fingerprint density at radius 1 is 0.588 bits per heavy atom. The van der Waals surface area contributed by atoms with Crippen LogP contribution in [0, 0.1) is 0 Å². The van der Waals surface area contributed by atoms with Gasteiger partial charge >= 0.3 is 0 Å². The first-order valence-corrected chi connectivity index (χ1v) is 8.10. The highest BCUT2D eigenvalue weighted by atomic mass is 14.1. The van der Waals surface area contributed by atoms with Gasteiger partial charge in [-0.1, -0.05) is 88.0 Å².